The Balaban J connectivity index is 1.54. The molecule has 4 heteroatoms. The summed E-state index contributed by atoms with van der Waals surface area (Å²) < 4.78 is 11.4. The number of nitrogens with one attached hydrogen (secondary N) is 1. The van der Waals surface area contributed by atoms with E-state index < -0.39 is 0 Å². The maximum atomic E-state index is 6.21. The first-order chi connectivity index (χ1) is 13.3. The van der Waals surface area contributed by atoms with E-state index in [9.17, 15) is 0 Å². The van der Waals surface area contributed by atoms with Gasteiger partial charge in [-0.3, -0.25) is 0 Å². The zero-order chi connectivity index (χ0) is 18.9. The molecule has 3 nitrogen and oxygen atoms in total. The standard InChI is InChI=1S/C23H24ClNO2/c1-26-22-12-6-3-8-18(22)14-15-25-16-19-9-4-7-13-23(19)27-17-20-10-2-5-11-21(20)24/h2-13,25H,14-17H2,1H3. The molecular formula is C23H24ClNO2. The molecule has 0 bridgehead atoms. The van der Waals surface area contributed by atoms with Crippen LogP contribution >= 0.6 is 11.6 Å². The Bertz CT molecular complexity index is 866. The average Bonchev–Trinajstić information content (AvgIpc) is 2.71. The van der Waals surface area contributed by atoms with Crippen molar-refractivity contribution in [2.24, 2.45) is 0 Å². The van der Waals surface area contributed by atoms with Gasteiger partial charge in [-0.1, -0.05) is 66.2 Å². The maximum Gasteiger partial charge on any atom is 0.124 e. The van der Waals surface area contributed by atoms with E-state index in [1.807, 2.05) is 60.7 Å². The third-order valence-electron chi connectivity index (χ3n) is 4.39. The molecule has 0 saturated carbocycles. The predicted octanol–water partition coefficient (Wildman–Crippen LogP) is 5.26. The lowest BCUT2D eigenvalue weighted by atomic mass is 10.1. The molecule has 0 fully saturated rings. The zero-order valence-corrected chi connectivity index (χ0v) is 16.2. The smallest absolute Gasteiger partial charge is 0.124 e. The van der Waals surface area contributed by atoms with Crippen LogP contribution in [0, 0.1) is 0 Å². The van der Waals surface area contributed by atoms with Gasteiger partial charge in [0.1, 0.15) is 18.1 Å². The minimum atomic E-state index is 0.456. The molecule has 140 valence electrons. The summed E-state index contributed by atoms with van der Waals surface area (Å²) in [5, 5.41) is 4.22. The lowest BCUT2D eigenvalue weighted by Crippen LogP contribution is -2.17. The normalized spacial score (nSPS) is 10.6. The molecule has 0 amide bonds. The van der Waals surface area contributed by atoms with E-state index in [-0.39, 0.29) is 0 Å². The van der Waals surface area contributed by atoms with Gasteiger partial charge >= 0.3 is 0 Å². The minimum Gasteiger partial charge on any atom is -0.496 e. The highest BCUT2D eigenvalue weighted by Crippen LogP contribution is 2.22. The molecule has 0 unspecified atom stereocenters. The molecular weight excluding hydrogens is 358 g/mol. The second-order valence-electron chi connectivity index (χ2n) is 6.23. The molecule has 3 aromatic carbocycles. The fourth-order valence-electron chi connectivity index (χ4n) is 2.92. The van der Waals surface area contributed by atoms with Crippen LogP contribution in [-0.4, -0.2) is 13.7 Å². The van der Waals surface area contributed by atoms with Gasteiger partial charge in [-0.15, -0.1) is 0 Å². The lowest BCUT2D eigenvalue weighted by molar-refractivity contribution is 0.302. The Labute approximate surface area is 165 Å². The van der Waals surface area contributed by atoms with Gasteiger partial charge in [0.25, 0.3) is 0 Å². The summed E-state index contributed by atoms with van der Waals surface area (Å²) >= 11 is 6.21. The van der Waals surface area contributed by atoms with E-state index >= 15 is 0 Å². The van der Waals surface area contributed by atoms with Crippen molar-refractivity contribution >= 4 is 11.6 Å². The topological polar surface area (TPSA) is 30.5 Å². The molecule has 0 atom stereocenters. The van der Waals surface area contributed by atoms with Crippen LogP contribution in [0.4, 0.5) is 0 Å². The van der Waals surface area contributed by atoms with Gasteiger partial charge in [-0.05, 0) is 36.7 Å². The van der Waals surface area contributed by atoms with Crippen LogP contribution < -0.4 is 14.8 Å². The molecule has 0 aliphatic heterocycles. The summed E-state index contributed by atoms with van der Waals surface area (Å²) in [6.07, 6.45) is 0.909. The van der Waals surface area contributed by atoms with Crippen LogP contribution in [0.2, 0.25) is 5.02 Å². The van der Waals surface area contributed by atoms with Gasteiger partial charge in [-0.2, -0.15) is 0 Å². The van der Waals surface area contributed by atoms with Crippen molar-refractivity contribution in [3.63, 3.8) is 0 Å². The summed E-state index contributed by atoms with van der Waals surface area (Å²) in [6, 6.07) is 24.0. The molecule has 0 spiro atoms. The zero-order valence-electron chi connectivity index (χ0n) is 15.5. The highest BCUT2D eigenvalue weighted by molar-refractivity contribution is 6.31. The molecule has 0 radical (unpaired) electrons. The maximum absolute atomic E-state index is 6.21. The van der Waals surface area contributed by atoms with E-state index in [2.05, 4.69) is 17.4 Å². The highest BCUT2D eigenvalue weighted by Gasteiger charge is 2.06. The number of rotatable bonds is 9. The van der Waals surface area contributed by atoms with E-state index in [1.165, 1.54) is 5.56 Å². The van der Waals surface area contributed by atoms with Crippen LogP contribution in [0.15, 0.2) is 72.8 Å². The van der Waals surface area contributed by atoms with Crippen molar-refractivity contribution in [2.75, 3.05) is 13.7 Å². The third-order valence-corrected chi connectivity index (χ3v) is 4.76. The summed E-state index contributed by atoms with van der Waals surface area (Å²) in [4.78, 5) is 0. The number of benzene rings is 3. The Morgan fingerprint density at radius 2 is 1.41 bits per heavy atom. The van der Waals surface area contributed by atoms with E-state index in [0.717, 1.165) is 47.2 Å². The predicted molar refractivity (Wildman–Crippen MR) is 111 cm³/mol. The van der Waals surface area contributed by atoms with Crippen molar-refractivity contribution in [3.8, 4) is 11.5 Å². The van der Waals surface area contributed by atoms with Crippen molar-refractivity contribution in [2.45, 2.75) is 19.6 Å². The second kappa shape index (κ2) is 10.0. The lowest BCUT2D eigenvalue weighted by Gasteiger charge is -2.13. The van der Waals surface area contributed by atoms with E-state index in [1.54, 1.807) is 7.11 Å². The number of hydrogen-bond donors (Lipinski definition) is 1. The van der Waals surface area contributed by atoms with E-state index in [4.69, 9.17) is 21.1 Å². The third kappa shape index (κ3) is 5.49. The van der Waals surface area contributed by atoms with Crippen LogP contribution in [0.5, 0.6) is 11.5 Å². The molecule has 0 aromatic heterocycles. The SMILES string of the molecule is COc1ccccc1CCNCc1ccccc1OCc1ccccc1Cl. The van der Waals surface area contributed by atoms with Crippen molar-refractivity contribution < 1.29 is 9.47 Å². The second-order valence-corrected chi connectivity index (χ2v) is 6.63. The molecule has 0 saturated heterocycles. The van der Waals surface area contributed by atoms with Gasteiger partial charge in [-0.25, -0.2) is 0 Å². The summed E-state index contributed by atoms with van der Waals surface area (Å²) in [5.74, 6) is 1.81. The number of methoxy groups -OCH3 is 1. The Hall–Kier alpha value is -2.49. The first-order valence-corrected chi connectivity index (χ1v) is 9.42. The number of hydrogen-bond acceptors (Lipinski definition) is 3. The van der Waals surface area contributed by atoms with Gasteiger partial charge < -0.3 is 14.8 Å². The van der Waals surface area contributed by atoms with Gasteiger partial charge in [0.2, 0.25) is 0 Å². The molecule has 1 N–H and O–H groups in total. The molecule has 0 heterocycles. The Kier molecular flexibility index (Phi) is 7.14. The average molecular weight is 382 g/mol. The first-order valence-electron chi connectivity index (χ1n) is 9.04. The number of halogens is 1. The van der Waals surface area contributed by atoms with Crippen LogP contribution in [0.3, 0.4) is 0 Å². The Morgan fingerprint density at radius 1 is 0.778 bits per heavy atom. The summed E-state index contributed by atoms with van der Waals surface area (Å²) in [6.45, 7) is 2.06. The summed E-state index contributed by atoms with van der Waals surface area (Å²) in [5.41, 5.74) is 3.32. The van der Waals surface area contributed by atoms with Crippen LogP contribution in [0.1, 0.15) is 16.7 Å². The van der Waals surface area contributed by atoms with Crippen molar-refractivity contribution in [3.05, 3.63) is 94.5 Å². The number of ether oxygens (including phenoxy) is 2. The van der Waals surface area contributed by atoms with Crippen molar-refractivity contribution in [1.82, 2.24) is 5.32 Å². The molecule has 0 aliphatic carbocycles. The first kappa shape index (κ1) is 19.3. The minimum absolute atomic E-state index is 0.456. The molecule has 0 aliphatic rings. The number of para-hydroxylation sites is 2. The summed E-state index contributed by atoms with van der Waals surface area (Å²) in [7, 11) is 1.71. The quantitative estimate of drug-likeness (QED) is 0.513. The molecule has 3 aromatic rings. The van der Waals surface area contributed by atoms with Gasteiger partial charge in [0.15, 0.2) is 0 Å². The van der Waals surface area contributed by atoms with E-state index in [0.29, 0.717) is 6.61 Å². The van der Waals surface area contributed by atoms with Crippen LogP contribution in [-0.2, 0) is 19.6 Å². The Morgan fingerprint density at radius 3 is 2.15 bits per heavy atom. The van der Waals surface area contributed by atoms with Crippen molar-refractivity contribution in [1.29, 1.82) is 0 Å². The highest BCUT2D eigenvalue weighted by atomic mass is 35.5. The fraction of sp³-hybridized carbons (Fsp3) is 0.217. The largest absolute Gasteiger partial charge is 0.496 e. The molecule has 3 rings (SSSR count). The van der Waals surface area contributed by atoms with Gasteiger partial charge in [0.05, 0.1) is 7.11 Å². The molecule has 27 heavy (non-hydrogen) atoms. The fourth-order valence-corrected chi connectivity index (χ4v) is 3.11. The van der Waals surface area contributed by atoms with Crippen LogP contribution in [0.25, 0.3) is 0 Å². The van der Waals surface area contributed by atoms with Gasteiger partial charge in [0, 0.05) is 22.7 Å². The monoisotopic (exact) mass is 381 g/mol.